The highest BCUT2D eigenvalue weighted by atomic mass is 32.2. The predicted molar refractivity (Wildman–Crippen MR) is 42.4 cm³/mol. The molecule has 0 aromatic rings. The highest BCUT2D eigenvalue weighted by molar-refractivity contribution is 8.00. The van der Waals surface area contributed by atoms with E-state index in [-0.39, 0.29) is 0 Å². The molecule has 0 N–H and O–H groups in total. The van der Waals surface area contributed by atoms with Crippen LogP contribution in [0.5, 0.6) is 0 Å². The molecule has 0 bridgehead atoms. The van der Waals surface area contributed by atoms with Crippen LogP contribution in [-0.2, 0) is 0 Å². The van der Waals surface area contributed by atoms with E-state index in [1.807, 2.05) is 17.8 Å². The van der Waals surface area contributed by atoms with Crippen molar-refractivity contribution in [3.63, 3.8) is 0 Å². The molecule has 0 rings (SSSR count). The third-order valence-electron chi connectivity index (χ3n) is 1.07. The van der Waals surface area contributed by atoms with E-state index >= 15 is 0 Å². The molecule has 0 nitrogen and oxygen atoms in total. The highest BCUT2D eigenvalue weighted by Gasteiger charge is 1.93. The van der Waals surface area contributed by atoms with Crippen LogP contribution in [0.1, 0.15) is 20.3 Å². The molecule has 8 heavy (non-hydrogen) atoms. The molecule has 48 valence electrons. The van der Waals surface area contributed by atoms with Crippen LogP contribution in [-0.4, -0.2) is 11.0 Å². The molecule has 0 aromatic carbocycles. The fourth-order valence-electron chi connectivity index (χ4n) is 0.350. The second-order valence-corrected chi connectivity index (χ2v) is 3.31. The van der Waals surface area contributed by atoms with Gasteiger partial charge in [-0.1, -0.05) is 19.9 Å². The van der Waals surface area contributed by atoms with Crippen molar-refractivity contribution >= 4 is 11.8 Å². The van der Waals surface area contributed by atoms with E-state index in [2.05, 4.69) is 20.4 Å². The molecule has 1 atom stereocenters. The summed E-state index contributed by atoms with van der Waals surface area (Å²) < 4.78 is 0. The molecule has 0 saturated heterocycles. The third kappa shape index (κ3) is 4.25. The molecule has 0 aliphatic heterocycles. The van der Waals surface area contributed by atoms with Crippen LogP contribution in [0, 0.1) is 0 Å². The molecule has 0 aromatic heterocycles. The summed E-state index contributed by atoms with van der Waals surface area (Å²) in [6.07, 6.45) is 3.22. The van der Waals surface area contributed by atoms with Gasteiger partial charge in [-0.25, -0.2) is 0 Å². The first kappa shape index (κ1) is 8.09. The predicted octanol–water partition coefficient (Wildman–Crippen LogP) is 2.70. The zero-order chi connectivity index (χ0) is 6.41. The van der Waals surface area contributed by atoms with E-state index in [1.54, 1.807) is 0 Å². The topological polar surface area (TPSA) is 0 Å². The van der Waals surface area contributed by atoms with Crippen LogP contribution in [0.4, 0.5) is 0 Å². The second-order valence-electron chi connectivity index (χ2n) is 1.84. The lowest BCUT2D eigenvalue weighted by molar-refractivity contribution is 0.907. The van der Waals surface area contributed by atoms with E-state index in [0.717, 1.165) is 11.0 Å². The van der Waals surface area contributed by atoms with Crippen molar-refractivity contribution in [2.45, 2.75) is 25.5 Å². The molecule has 0 spiro atoms. The summed E-state index contributed by atoms with van der Waals surface area (Å²) in [7, 11) is 0. The molecular formula is C7H14S. The standard InChI is InChI=1S/C7H14S/c1-4-6-8-7(3)5-2/h4,7H,1,5-6H2,2-3H3. The first-order valence-corrected chi connectivity index (χ1v) is 4.08. The van der Waals surface area contributed by atoms with Crippen LogP contribution < -0.4 is 0 Å². The fraction of sp³-hybridized carbons (Fsp3) is 0.714. The maximum absolute atomic E-state index is 3.65. The number of hydrogen-bond acceptors (Lipinski definition) is 1. The molecule has 0 radical (unpaired) electrons. The van der Waals surface area contributed by atoms with Gasteiger partial charge in [-0.05, 0) is 6.42 Å². The van der Waals surface area contributed by atoms with Gasteiger partial charge in [0, 0.05) is 11.0 Å². The Kier molecular flexibility index (Phi) is 5.29. The van der Waals surface area contributed by atoms with Gasteiger partial charge < -0.3 is 0 Å². The van der Waals surface area contributed by atoms with Crippen LogP contribution >= 0.6 is 11.8 Å². The first-order chi connectivity index (χ1) is 3.81. The summed E-state index contributed by atoms with van der Waals surface area (Å²) in [6.45, 7) is 8.10. The Hall–Kier alpha value is 0.0900. The Labute approximate surface area is 56.4 Å². The number of rotatable bonds is 4. The minimum Gasteiger partial charge on any atom is -0.155 e. The summed E-state index contributed by atoms with van der Waals surface area (Å²) in [5, 5.41) is 0.799. The summed E-state index contributed by atoms with van der Waals surface area (Å²) in [4.78, 5) is 0. The van der Waals surface area contributed by atoms with Crippen molar-refractivity contribution in [3.8, 4) is 0 Å². The SMILES string of the molecule is C=CCSC(C)CC. The molecule has 0 saturated carbocycles. The first-order valence-electron chi connectivity index (χ1n) is 3.03. The van der Waals surface area contributed by atoms with Crippen LogP contribution in [0.3, 0.4) is 0 Å². The molecule has 1 heteroatoms. The molecule has 0 fully saturated rings. The lowest BCUT2D eigenvalue weighted by Gasteiger charge is -2.03. The Morgan fingerprint density at radius 3 is 2.75 bits per heavy atom. The third-order valence-corrected chi connectivity index (χ3v) is 2.40. The van der Waals surface area contributed by atoms with E-state index in [0.29, 0.717) is 0 Å². The summed E-state index contributed by atoms with van der Waals surface area (Å²) in [6, 6.07) is 0. The zero-order valence-electron chi connectivity index (χ0n) is 5.68. The van der Waals surface area contributed by atoms with Gasteiger partial charge in [-0.15, -0.1) is 6.58 Å². The van der Waals surface area contributed by atoms with Gasteiger partial charge in [0.25, 0.3) is 0 Å². The van der Waals surface area contributed by atoms with E-state index in [9.17, 15) is 0 Å². The number of hydrogen-bond donors (Lipinski definition) is 0. The average Bonchev–Trinajstić information content (AvgIpc) is 1.83. The van der Waals surface area contributed by atoms with E-state index in [1.165, 1.54) is 6.42 Å². The normalized spacial score (nSPS) is 13.2. The van der Waals surface area contributed by atoms with Crippen LogP contribution in [0.15, 0.2) is 12.7 Å². The van der Waals surface area contributed by atoms with Gasteiger partial charge >= 0.3 is 0 Å². The van der Waals surface area contributed by atoms with Crippen molar-refractivity contribution in [1.82, 2.24) is 0 Å². The molecule has 0 aliphatic carbocycles. The Morgan fingerprint density at radius 2 is 2.38 bits per heavy atom. The molecule has 1 unspecified atom stereocenters. The largest absolute Gasteiger partial charge is 0.155 e. The maximum atomic E-state index is 3.65. The Bertz CT molecular complexity index is 59.4. The maximum Gasteiger partial charge on any atom is 0.0113 e. The molecule has 0 aliphatic rings. The van der Waals surface area contributed by atoms with Gasteiger partial charge in [0.2, 0.25) is 0 Å². The highest BCUT2D eigenvalue weighted by Crippen LogP contribution is 2.12. The Balaban J connectivity index is 2.97. The lowest BCUT2D eigenvalue weighted by Crippen LogP contribution is -1.91. The van der Waals surface area contributed by atoms with E-state index in [4.69, 9.17) is 0 Å². The van der Waals surface area contributed by atoms with Crippen molar-refractivity contribution in [3.05, 3.63) is 12.7 Å². The fourth-order valence-corrected chi connectivity index (χ4v) is 1.05. The van der Waals surface area contributed by atoms with E-state index < -0.39 is 0 Å². The molecule has 0 heterocycles. The monoisotopic (exact) mass is 130 g/mol. The minimum atomic E-state index is 0.799. The van der Waals surface area contributed by atoms with Crippen LogP contribution in [0.25, 0.3) is 0 Å². The molecule has 0 amide bonds. The van der Waals surface area contributed by atoms with Crippen molar-refractivity contribution in [2.75, 3.05) is 5.75 Å². The van der Waals surface area contributed by atoms with Crippen molar-refractivity contribution in [1.29, 1.82) is 0 Å². The van der Waals surface area contributed by atoms with Gasteiger partial charge in [0.05, 0.1) is 0 Å². The Morgan fingerprint density at radius 1 is 1.75 bits per heavy atom. The van der Waals surface area contributed by atoms with Crippen molar-refractivity contribution in [2.24, 2.45) is 0 Å². The quantitative estimate of drug-likeness (QED) is 0.527. The van der Waals surface area contributed by atoms with Crippen LogP contribution in [0.2, 0.25) is 0 Å². The van der Waals surface area contributed by atoms with Gasteiger partial charge in [-0.3, -0.25) is 0 Å². The minimum absolute atomic E-state index is 0.799. The van der Waals surface area contributed by atoms with Crippen molar-refractivity contribution < 1.29 is 0 Å². The summed E-state index contributed by atoms with van der Waals surface area (Å²) in [5.41, 5.74) is 0. The van der Waals surface area contributed by atoms with Gasteiger partial charge in [-0.2, -0.15) is 11.8 Å². The summed E-state index contributed by atoms with van der Waals surface area (Å²) in [5.74, 6) is 1.09. The second kappa shape index (κ2) is 5.23. The molecular weight excluding hydrogens is 116 g/mol. The number of thioether (sulfide) groups is 1. The van der Waals surface area contributed by atoms with Gasteiger partial charge in [0.15, 0.2) is 0 Å². The summed E-state index contributed by atoms with van der Waals surface area (Å²) >= 11 is 1.96. The lowest BCUT2D eigenvalue weighted by atomic mass is 10.4. The smallest absolute Gasteiger partial charge is 0.0113 e. The zero-order valence-corrected chi connectivity index (χ0v) is 6.50. The average molecular weight is 130 g/mol. The van der Waals surface area contributed by atoms with Gasteiger partial charge in [0.1, 0.15) is 0 Å².